The monoisotopic (exact) mass is 440 g/mol. The van der Waals surface area contributed by atoms with E-state index < -0.39 is 10.0 Å². The van der Waals surface area contributed by atoms with Crippen LogP contribution in [0, 0.1) is 0 Å². The molecule has 0 aliphatic rings. The maximum absolute atomic E-state index is 13.0. The number of para-hydroxylation sites is 1. The highest BCUT2D eigenvalue weighted by Crippen LogP contribution is 2.17. The van der Waals surface area contributed by atoms with Crippen molar-refractivity contribution < 1.29 is 13.2 Å². The van der Waals surface area contributed by atoms with E-state index in [1.807, 2.05) is 54.6 Å². The van der Waals surface area contributed by atoms with Crippen LogP contribution in [-0.4, -0.2) is 20.2 Å². The Bertz CT molecular complexity index is 1320. The Morgan fingerprint density at radius 2 is 1.06 bits per heavy atom. The van der Waals surface area contributed by atoms with Gasteiger partial charge in [-0.2, -0.15) is 13.4 Å². The maximum Gasteiger partial charge on any atom is 0.284 e. The Labute approximate surface area is 187 Å². The lowest BCUT2D eigenvalue weighted by atomic mass is 10.2. The number of amidine groups is 1. The molecule has 0 N–H and O–H groups in total. The van der Waals surface area contributed by atoms with Crippen LogP contribution >= 0.6 is 0 Å². The van der Waals surface area contributed by atoms with Gasteiger partial charge in [0, 0.05) is 11.1 Å². The molecule has 0 unspecified atom stereocenters. The average molecular weight is 441 g/mol. The predicted octanol–water partition coefficient (Wildman–Crippen LogP) is 5.35. The number of rotatable bonds is 5. The lowest BCUT2D eigenvalue weighted by Gasteiger charge is -2.11. The van der Waals surface area contributed by atoms with Crippen molar-refractivity contribution in [2.24, 2.45) is 9.39 Å². The molecule has 0 amide bonds. The average Bonchev–Trinajstić information content (AvgIpc) is 2.85. The van der Waals surface area contributed by atoms with Gasteiger partial charge < -0.3 is 4.74 Å². The minimum Gasteiger partial charge on any atom is -0.438 e. The van der Waals surface area contributed by atoms with E-state index in [0.29, 0.717) is 16.9 Å². The quantitative estimate of drug-likeness (QED) is 0.310. The first-order valence-corrected chi connectivity index (χ1v) is 11.4. The van der Waals surface area contributed by atoms with E-state index >= 15 is 0 Å². The highest BCUT2D eigenvalue weighted by Gasteiger charge is 2.17. The van der Waals surface area contributed by atoms with Crippen molar-refractivity contribution in [1.29, 1.82) is 0 Å². The fourth-order valence-corrected chi connectivity index (χ4v) is 3.89. The van der Waals surface area contributed by atoms with Gasteiger partial charge in [-0.3, -0.25) is 0 Å². The van der Waals surface area contributed by atoms with E-state index in [9.17, 15) is 8.42 Å². The molecular weight excluding hydrogens is 420 g/mol. The summed E-state index contributed by atoms with van der Waals surface area (Å²) in [5.74, 6) is 0.848. The molecule has 0 aromatic heterocycles. The number of sulfonamides is 1. The zero-order valence-corrected chi connectivity index (χ0v) is 17.9. The van der Waals surface area contributed by atoms with Crippen LogP contribution in [0.3, 0.4) is 0 Å². The molecule has 158 valence electrons. The van der Waals surface area contributed by atoms with Crippen LogP contribution in [0.4, 0.5) is 0 Å². The molecule has 4 rings (SSSR count). The van der Waals surface area contributed by atoms with Gasteiger partial charge >= 0.3 is 0 Å². The van der Waals surface area contributed by atoms with E-state index in [0.717, 1.165) is 0 Å². The van der Waals surface area contributed by atoms with Gasteiger partial charge in [0.1, 0.15) is 5.75 Å². The molecule has 0 radical (unpaired) electrons. The van der Waals surface area contributed by atoms with E-state index in [1.165, 1.54) is 12.1 Å². The molecular formula is C26H20N2O3S. The molecule has 4 aromatic rings. The molecule has 0 bridgehead atoms. The molecule has 0 aliphatic carbocycles. The van der Waals surface area contributed by atoms with Gasteiger partial charge in [-0.05, 0) is 36.4 Å². The standard InChI is InChI=1S/C26H20N2O3S/c29-32(30,24-19-11-4-12-20-24)28-25(21-13-5-1-6-14-21)27-26(22-15-7-2-8-16-22)31-23-17-9-3-10-18-23/h1-20H/b27-26-,28-25+. The van der Waals surface area contributed by atoms with Gasteiger partial charge in [0.2, 0.25) is 5.90 Å². The van der Waals surface area contributed by atoms with Crippen molar-refractivity contribution >= 4 is 21.8 Å². The zero-order chi connectivity index (χ0) is 22.2. The minimum atomic E-state index is -3.98. The summed E-state index contributed by atoms with van der Waals surface area (Å²) in [6.07, 6.45) is 0. The summed E-state index contributed by atoms with van der Waals surface area (Å²) in [5, 5.41) is 0. The van der Waals surface area contributed by atoms with Crippen molar-refractivity contribution in [3.05, 3.63) is 132 Å². The second-order valence-electron chi connectivity index (χ2n) is 6.77. The molecule has 0 heterocycles. The maximum atomic E-state index is 13.0. The van der Waals surface area contributed by atoms with Crippen molar-refractivity contribution in [3.63, 3.8) is 0 Å². The number of hydrogen-bond donors (Lipinski definition) is 0. The van der Waals surface area contributed by atoms with Crippen molar-refractivity contribution in [2.45, 2.75) is 4.90 Å². The van der Waals surface area contributed by atoms with E-state index in [-0.39, 0.29) is 16.6 Å². The molecule has 0 saturated heterocycles. The highest BCUT2D eigenvalue weighted by molar-refractivity contribution is 7.90. The second kappa shape index (κ2) is 9.85. The Morgan fingerprint density at radius 1 is 0.594 bits per heavy atom. The third kappa shape index (κ3) is 5.36. The molecule has 6 heteroatoms. The predicted molar refractivity (Wildman–Crippen MR) is 127 cm³/mol. The third-order valence-corrected chi connectivity index (χ3v) is 5.75. The Balaban J connectivity index is 1.86. The molecule has 0 aliphatic heterocycles. The summed E-state index contributed by atoms with van der Waals surface area (Å²) < 4.78 is 36.1. The van der Waals surface area contributed by atoms with Gasteiger partial charge in [0.25, 0.3) is 10.0 Å². The van der Waals surface area contributed by atoms with Crippen LogP contribution < -0.4 is 4.74 Å². The molecule has 4 aromatic carbocycles. The molecule has 0 fully saturated rings. The van der Waals surface area contributed by atoms with Gasteiger partial charge in [-0.15, -0.1) is 4.40 Å². The number of hydrogen-bond acceptors (Lipinski definition) is 3. The lowest BCUT2D eigenvalue weighted by molar-refractivity contribution is 0.553. The van der Waals surface area contributed by atoms with Crippen molar-refractivity contribution in [1.82, 2.24) is 0 Å². The van der Waals surface area contributed by atoms with E-state index in [4.69, 9.17) is 4.74 Å². The van der Waals surface area contributed by atoms with Crippen molar-refractivity contribution in [2.75, 3.05) is 0 Å². The lowest BCUT2D eigenvalue weighted by Crippen LogP contribution is -2.15. The third-order valence-electron chi connectivity index (χ3n) is 4.47. The first kappa shape index (κ1) is 21.2. The fraction of sp³-hybridized carbons (Fsp3) is 0. The largest absolute Gasteiger partial charge is 0.438 e. The zero-order valence-electron chi connectivity index (χ0n) is 17.1. The molecule has 0 spiro atoms. The first-order chi connectivity index (χ1) is 15.6. The highest BCUT2D eigenvalue weighted by atomic mass is 32.2. The molecule has 5 nitrogen and oxygen atoms in total. The number of benzene rings is 4. The number of nitrogens with zero attached hydrogens (tertiary/aromatic N) is 2. The van der Waals surface area contributed by atoms with Crippen LogP contribution in [0.15, 0.2) is 136 Å². The summed E-state index contributed by atoms with van der Waals surface area (Å²) >= 11 is 0. The molecule has 0 saturated carbocycles. The molecule has 0 atom stereocenters. The van der Waals surface area contributed by atoms with Crippen LogP contribution in [0.2, 0.25) is 0 Å². The Hall–Kier alpha value is -4.03. The smallest absolute Gasteiger partial charge is 0.284 e. The van der Waals surface area contributed by atoms with Crippen molar-refractivity contribution in [3.8, 4) is 5.75 Å². The molecule has 32 heavy (non-hydrogen) atoms. The van der Waals surface area contributed by atoms with Gasteiger partial charge in [-0.25, -0.2) is 0 Å². The SMILES string of the molecule is O=S(=O)(/N=C(/N=C(\Oc1ccccc1)c1ccccc1)c1ccccc1)c1ccccc1. The van der Waals surface area contributed by atoms with Crippen LogP contribution in [-0.2, 0) is 10.0 Å². The van der Waals surface area contributed by atoms with E-state index in [1.54, 1.807) is 54.6 Å². The van der Waals surface area contributed by atoms with E-state index in [2.05, 4.69) is 9.39 Å². The van der Waals surface area contributed by atoms with Crippen LogP contribution in [0.5, 0.6) is 5.75 Å². The summed E-state index contributed by atoms with van der Waals surface area (Å²) in [4.78, 5) is 4.68. The summed E-state index contributed by atoms with van der Waals surface area (Å²) in [6.45, 7) is 0. The number of ether oxygens (including phenoxy) is 1. The normalized spacial score (nSPS) is 12.4. The van der Waals surface area contributed by atoms with Crippen LogP contribution in [0.1, 0.15) is 11.1 Å². The minimum absolute atomic E-state index is 0.0317. The topological polar surface area (TPSA) is 68.1 Å². The Kier molecular flexibility index (Phi) is 6.53. The summed E-state index contributed by atoms with van der Waals surface area (Å²) in [5.41, 5.74) is 1.24. The fourth-order valence-electron chi connectivity index (χ4n) is 2.91. The first-order valence-electron chi connectivity index (χ1n) is 9.94. The summed E-state index contributed by atoms with van der Waals surface area (Å²) in [6, 6.07) is 35.5. The van der Waals surface area contributed by atoms with Gasteiger partial charge in [-0.1, -0.05) is 84.9 Å². The number of aliphatic imine (C=N–C) groups is 1. The Morgan fingerprint density at radius 3 is 1.62 bits per heavy atom. The van der Waals surface area contributed by atoms with Crippen LogP contribution in [0.25, 0.3) is 0 Å². The van der Waals surface area contributed by atoms with Gasteiger partial charge in [0.15, 0.2) is 5.84 Å². The second-order valence-corrected chi connectivity index (χ2v) is 8.37. The summed E-state index contributed by atoms with van der Waals surface area (Å²) in [7, 11) is -3.98. The van der Waals surface area contributed by atoms with Gasteiger partial charge in [0.05, 0.1) is 4.90 Å².